The zero-order chi connectivity index (χ0) is 26.6. The maximum atomic E-state index is 13.3. The van der Waals surface area contributed by atoms with E-state index < -0.39 is 5.60 Å². The van der Waals surface area contributed by atoms with Gasteiger partial charge in [0.15, 0.2) is 5.60 Å². The topological polar surface area (TPSA) is 61.9 Å². The number of hydrogen-bond donors (Lipinski definition) is 1. The van der Waals surface area contributed by atoms with Crippen molar-refractivity contribution in [1.29, 1.82) is 0 Å². The maximum Gasteiger partial charge on any atom is 0.268 e. The van der Waals surface area contributed by atoms with Crippen LogP contribution in [0.2, 0.25) is 0 Å². The van der Waals surface area contributed by atoms with E-state index in [-0.39, 0.29) is 17.2 Å². The smallest absolute Gasteiger partial charge is 0.268 e. The molecule has 0 bridgehead atoms. The molecule has 1 fully saturated rings. The van der Waals surface area contributed by atoms with E-state index in [1.807, 2.05) is 83.8 Å². The summed E-state index contributed by atoms with van der Waals surface area (Å²) < 4.78 is 6.10. The number of nitrogens with zero attached hydrogens (tertiary/aromatic N) is 2. The second kappa shape index (κ2) is 10.7. The van der Waals surface area contributed by atoms with Gasteiger partial charge in [-0.3, -0.25) is 9.59 Å². The van der Waals surface area contributed by atoms with Crippen LogP contribution in [-0.2, 0) is 10.2 Å². The van der Waals surface area contributed by atoms with Crippen molar-refractivity contribution in [1.82, 2.24) is 4.90 Å². The summed E-state index contributed by atoms with van der Waals surface area (Å²) >= 11 is 0. The molecule has 4 rings (SSSR count). The minimum Gasteiger partial charge on any atom is -0.478 e. The lowest BCUT2D eigenvalue weighted by Gasteiger charge is -2.37. The van der Waals surface area contributed by atoms with E-state index in [1.165, 1.54) is 5.56 Å². The number of nitrogens with one attached hydrogen (secondary N) is 1. The molecule has 194 valence electrons. The fourth-order valence-electron chi connectivity index (χ4n) is 4.41. The molecule has 0 spiro atoms. The van der Waals surface area contributed by atoms with Crippen molar-refractivity contribution in [2.45, 2.75) is 45.6 Å². The van der Waals surface area contributed by atoms with Crippen molar-refractivity contribution in [3.05, 3.63) is 90.0 Å². The third-order valence-electron chi connectivity index (χ3n) is 6.72. The van der Waals surface area contributed by atoms with Crippen LogP contribution in [0.3, 0.4) is 0 Å². The number of rotatable bonds is 6. The lowest BCUT2D eigenvalue weighted by atomic mass is 9.87. The molecule has 2 amide bonds. The average molecular weight is 500 g/mol. The Morgan fingerprint density at radius 2 is 1.35 bits per heavy atom. The van der Waals surface area contributed by atoms with Gasteiger partial charge in [-0.1, -0.05) is 63.2 Å². The Morgan fingerprint density at radius 3 is 1.97 bits per heavy atom. The van der Waals surface area contributed by atoms with Gasteiger partial charge in [0, 0.05) is 31.7 Å². The monoisotopic (exact) mass is 499 g/mol. The standard InChI is InChI=1S/C31H37N3O3/c1-30(2,3)24-15-17-25(18-16-24)37-31(4,5)29(36)32-26-13-9-10-14-27(26)33-19-21-34(22-20-33)28(35)23-11-7-6-8-12-23/h6-18H,19-22H2,1-5H3,(H,32,36). The van der Waals surface area contributed by atoms with Gasteiger partial charge in [-0.15, -0.1) is 0 Å². The molecular weight excluding hydrogens is 462 g/mol. The van der Waals surface area contributed by atoms with Gasteiger partial charge in [-0.25, -0.2) is 0 Å². The summed E-state index contributed by atoms with van der Waals surface area (Å²) in [6.45, 7) is 12.7. The van der Waals surface area contributed by atoms with E-state index in [9.17, 15) is 9.59 Å². The second-order valence-electron chi connectivity index (χ2n) is 11.0. The number of para-hydroxylation sites is 2. The summed E-state index contributed by atoms with van der Waals surface area (Å²) in [5.74, 6) is 0.481. The van der Waals surface area contributed by atoms with E-state index in [0.29, 0.717) is 37.5 Å². The molecule has 0 radical (unpaired) electrons. The molecule has 3 aromatic carbocycles. The summed E-state index contributed by atoms with van der Waals surface area (Å²) in [6, 6.07) is 25.1. The van der Waals surface area contributed by atoms with Crippen molar-refractivity contribution in [3.63, 3.8) is 0 Å². The Morgan fingerprint density at radius 1 is 0.757 bits per heavy atom. The summed E-state index contributed by atoms with van der Waals surface area (Å²) in [7, 11) is 0. The molecule has 3 aromatic rings. The molecule has 1 heterocycles. The van der Waals surface area contributed by atoms with Crippen LogP contribution in [-0.4, -0.2) is 48.5 Å². The molecule has 1 N–H and O–H groups in total. The maximum absolute atomic E-state index is 13.3. The summed E-state index contributed by atoms with van der Waals surface area (Å²) in [5.41, 5.74) is 2.57. The second-order valence-corrected chi connectivity index (χ2v) is 11.0. The number of piperazine rings is 1. The number of carbonyl (C=O) groups is 2. The zero-order valence-electron chi connectivity index (χ0n) is 22.5. The van der Waals surface area contributed by atoms with Crippen molar-refractivity contribution < 1.29 is 14.3 Å². The first kappa shape index (κ1) is 26.3. The molecule has 0 unspecified atom stereocenters. The van der Waals surface area contributed by atoms with Crippen LogP contribution in [0.15, 0.2) is 78.9 Å². The highest BCUT2D eigenvalue weighted by Gasteiger charge is 2.31. The minimum atomic E-state index is -1.07. The van der Waals surface area contributed by atoms with Crippen molar-refractivity contribution >= 4 is 23.2 Å². The zero-order valence-corrected chi connectivity index (χ0v) is 22.5. The molecule has 0 atom stereocenters. The number of benzene rings is 3. The number of ether oxygens (including phenoxy) is 1. The van der Waals surface area contributed by atoms with Crippen LogP contribution in [0.1, 0.15) is 50.5 Å². The van der Waals surface area contributed by atoms with Crippen molar-refractivity contribution in [2.75, 3.05) is 36.4 Å². The first-order valence-electron chi connectivity index (χ1n) is 12.8. The number of hydrogen-bond acceptors (Lipinski definition) is 4. The molecular formula is C31H37N3O3. The van der Waals surface area contributed by atoms with Gasteiger partial charge in [0.25, 0.3) is 11.8 Å². The van der Waals surface area contributed by atoms with Crippen molar-refractivity contribution in [3.8, 4) is 5.75 Å². The molecule has 1 saturated heterocycles. The molecule has 1 aliphatic rings. The third-order valence-corrected chi connectivity index (χ3v) is 6.72. The molecule has 6 nitrogen and oxygen atoms in total. The van der Waals surface area contributed by atoms with Gasteiger partial charge < -0.3 is 19.9 Å². The minimum absolute atomic E-state index is 0.0510. The molecule has 6 heteroatoms. The normalized spacial score (nSPS) is 14.3. The van der Waals surface area contributed by atoms with Gasteiger partial charge in [0.05, 0.1) is 11.4 Å². The van der Waals surface area contributed by atoms with E-state index in [2.05, 4.69) is 31.0 Å². The number of anilines is 2. The van der Waals surface area contributed by atoms with Crippen LogP contribution in [0.4, 0.5) is 11.4 Å². The van der Waals surface area contributed by atoms with E-state index in [1.54, 1.807) is 13.8 Å². The molecule has 0 saturated carbocycles. The molecule has 0 aliphatic carbocycles. The van der Waals surface area contributed by atoms with Crippen LogP contribution in [0, 0.1) is 0 Å². The van der Waals surface area contributed by atoms with Gasteiger partial charge >= 0.3 is 0 Å². The largest absolute Gasteiger partial charge is 0.478 e. The SMILES string of the molecule is CC(C)(Oc1ccc(C(C)(C)C)cc1)C(=O)Nc1ccccc1N1CCN(C(=O)c2ccccc2)CC1. The summed E-state index contributed by atoms with van der Waals surface area (Å²) in [4.78, 5) is 30.2. The predicted octanol–water partition coefficient (Wildman–Crippen LogP) is 5.74. The Labute approximate surface area is 220 Å². The van der Waals surface area contributed by atoms with Crippen LogP contribution in [0.5, 0.6) is 5.75 Å². The Balaban J connectivity index is 1.40. The van der Waals surface area contributed by atoms with E-state index in [4.69, 9.17) is 4.74 Å². The summed E-state index contributed by atoms with van der Waals surface area (Å²) in [6.07, 6.45) is 0. The van der Waals surface area contributed by atoms with Crippen LogP contribution < -0.4 is 15.0 Å². The quantitative estimate of drug-likeness (QED) is 0.470. The average Bonchev–Trinajstić information content (AvgIpc) is 2.89. The lowest BCUT2D eigenvalue weighted by molar-refractivity contribution is -0.128. The summed E-state index contributed by atoms with van der Waals surface area (Å²) in [5, 5.41) is 3.08. The van der Waals surface area contributed by atoms with Crippen LogP contribution in [0.25, 0.3) is 0 Å². The molecule has 1 aliphatic heterocycles. The van der Waals surface area contributed by atoms with Gasteiger partial charge in [0.2, 0.25) is 0 Å². The van der Waals surface area contributed by atoms with Crippen molar-refractivity contribution in [2.24, 2.45) is 0 Å². The lowest BCUT2D eigenvalue weighted by Crippen LogP contribution is -2.49. The highest BCUT2D eigenvalue weighted by molar-refractivity contribution is 5.99. The highest BCUT2D eigenvalue weighted by atomic mass is 16.5. The first-order valence-corrected chi connectivity index (χ1v) is 12.8. The van der Waals surface area contributed by atoms with Crippen LogP contribution >= 0.6 is 0 Å². The molecule has 37 heavy (non-hydrogen) atoms. The van der Waals surface area contributed by atoms with E-state index >= 15 is 0 Å². The van der Waals surface area contributed by atoms with Gasteiger partial charge in [-0.2, -0.15) is 0 Å². The fourth-order valence-corrected chi connectivity index (χ4v) is 4.41. The number of amides is 2. The van der Waals surface area contributed by atoms with Gasteiger partial charge in [-0.05, 0) is 61.2 Å². The Hall–Kier alpha value is -3.80. The Bertz CT molecular complexity index is 1220. The predicted molar refractivity (Wildman–Crippen MR) is 149 cm³/mol. The highest BCUT2D eigenvalue weighted by Crippen LogP contribution is 2.30. The van der Waals surface area contributed by atoms with E-state index in [0.717, 1.165) is 11.4 Å². The molecule has 0 aromatic heterocycles. The first-order chi connectivity index (χ1) is 17.5. The van der Waals surface area contributed by atoms with Gasteiger partial charge in [0.1, 0.15) is 5.75 Å². The fraction of sp³-hybridized carbons (Fsp3) is 0.355. The Kier molecular flexibility index (Phi) is 7.58. The third kappa shape index (κ3) is 6.31. The number of carbonyl (C=O) groups excluding carboxylic acids is 2.